The van der Waals surface area contributed by atoms with Gasteiger partial charge in [0.15, 0.2) is 5.13 Å². The molecule has 1 heterocycles. The van der Waals surface area contributed by atoms with E-state index in [0.717, 1.165) is 28.3 Å². The highest BCUT2D eigenvalue weighted by Crippen LogP contribution is 2.29. The van der Waals surface area contributed by atoms with E-state index >= 15 is 0 Å². The summed E-state index contributed by atoms with van der Waals surface area (Å²) in [5.41, 5.74) is 9.58. The second-order valence-electron chi connectivity index (χ2n) is 5.98. The number of hydrogen-bond acceptors (Lipinski definition) is 5. The minimum atomic E-state index is -0.176. The molecule has 0 aliphatic rings. The number of nitrogens with zero attached hydrogens (tertiary/aromatic N) is 1. The van der Waals surface area contributed by atoms with Crippen molar-refractivity contribution in [3.8, 4) is 11.3 Å². The molecular formula is C20H21N3OS2. The van der Waals surface area contributed by atoms with Crippen LogP contribution in [0.2, 0.25) is 0 Å². The summed E-state index contributed by atoms with van der Waals surface area (Å²) in [7, 11) is 0. The first-order valence-corrected chi connectivity index (χ1v) is 10.2. The molecule has 0 saturated carbocycles. The van der Waals surface area contributed by atoms with E-state index in [1.54, 1.807) is 0 Å². The van der Waals surface area contributed by atoms with Crippen LogP contribution in [0.1, 0.15) is 18.9 Å². The first kappa shape index (κ1) is 18.5. The van der Waals surface area contributed by atoms with Gasteiger partial charge in [-0.3, -0.25) is 4.79 Å². The van der Waals surface area contributed by atoms with Crippen molar-refractivity contribution in [3.63, 3.8) is 0 Å². The number of aromatic nitrogens is 1. The van der Waals surface area contributed by atoms with Gasteiger partial charge in [-0.25, -0.2) is 4.98 Å². The summed E-state index contributed by atoms with van der Waals surface area (Å²) in [5.74, 6) is -0.0286. The van der Waals surface area contributed by atoms with Crippen LogP contribution in [0.25, 0.3) is 11.3 Å². The van der Waals surface area contributed by atoms with Gasteiger partial charge < -0.3 is 11.1 Å². The molecule has 0 fully saturated rings. The van der Waals surface area contributed by atoms with Crippen LogP contribution < -0.4 is 11.1 Å². The molecule has 3 aromatic rings. The Hall–Kier alpha value is -2.31. The van der Waals surface area contributed by atoms with Crippen molar-refractivity contribution < 1.29 is 4.79 Å². The second-order valence-corrected chi connectivity index (χ2v) is 8.11. The molecule has 0 saturated heterocycles. The zero-order valence-corrected chi connectivity index (χ0v) is 16.4. The fourth-order valence-corrected chi connectivity index (χ4v) is 4.08. The van der Waals surface area contributed by atoms with Crippen LogP contribution in [-0.2, 0) is 4.79 Å². The number of nitrogens with one attached hydrogen (secondary N) is 1. The monoisotopic (exact) mass is 383 g/mol. The Kier molecular flexibility index (Phi) is 5.96. The van der Waals surface area contributed by atoms with E-state index in [0.29, 0.717) is 5.13 Å². The number of carbonyl (C=O) groups is 1. The quantitative estimate of drug-likeness (QED) is 0.453. The van der Waals surface area contributed by atoms with Crippen molar-refractivity contribution in [2.24, 2.45) is 0 Å². The fraction of sp³-hybridized carbons (Fsp3) is 0.200. The van der Waals surface area contributed by atoms with E-state index in [2.05, 4.69) is 29.4 Å². The Bertz CT molecular complexity index is 873. The van der Waals surface area contributed by atoms with Gasteiger partial charge in [-0.1, -0.05) is 36.8 Å². The predicted octanol–water partition coefficient (Wildman–Crippen LogP) is 5.21. The topological polar surface area (TPSA) is 68.0 Å². The lowest BCUT2D eigenvalue weighted by atomic mass is 10.1. The summed E-state index contributed by atoms with van der Waals surface area (Å²) in [6.07, 6.45) is 0.733. The highest BCUT2D eigenvalue weighted by molar-refractivity contribution is 8.00. The summed E-state index contributed by atoms with van der Waals surface area (Å²) in [4.78, 5) is 18.2. The molecule has 1 amide bonds. The first-order valence-electron chi connectivity index (χ1n) is 8.41. The van der Waals surface area contributed by atoms with Crippen molar-refractivity contribution in [2.45, 2.75) is 30.4 Å². The van der Waals surface area contributed by atoms with Gasteiger partial charge in [-0.15, -0.1) is 23.1 Å². The van der Waals surface area contributed by atoms with Crippen LogP contribution in [-0.4, -0.2) is 16.1 Å². The van der Waals surface area contributed by atoms with Crippen LogP contribution in [0.5, 0.6) is 0 Å². The number of amides is 1. The lowest BCUT2D eigenvalue weighted by Crippen LogP contribution is -2.24. The third-order valence-corrected chi connectivity index (χ3v) is 6.04. The number of nitrogens with two attached hydrogens (primary N) is 1. The molecule has 3 rings (SSSR count). The van der Waals surface area contributed by atoms with Gasteiger partial charge >= 0.3 is 0 Å². The number of thiazole rings is 1. The van der Waals surface area contributed by atoms with Crippen molar-refractivity contribution in [2.75, 3.05) is 11.1 Å². The molecule has 1 unspecified atom stereocenters. The molecule has 134 valence electrons. The van der Waals surface area contributed by atoms with E-state index < -0.39 is 0 Å². The molecule has 0 bridgehead atoms. The molecule has 1 aromatic heterocycles. The molecule has 0 spiro atoms. The Morgan fingerprint density at radius 2 is 1.88 bits per heavy atom. The van der Waals surface area contributed by atoms with Crippen LogP contribution in [0.3, 0.4) is 0 Å². The molecule has 0 radical (unpaired) electrons. The third-order valence-electron chi connectivity index (χ3n) is 3.90. The molecule has 2 aromatic carbocycles. The molecular weight excluding hydrogens is 362 g/mol. The Balaban J connectivity index is 1.66. The van der Waals surface area contributed by atoms with Crippen molar-refractivity contribution in [3.05, 3.63) is 59.5 Å². The smallest absolute Gasteiger partial charge is 0.239 e. The number of rotatable bonds is 6. The van der Waals surface area contributed by atoms with Gasteiger partial charge in [-0.2, -0.15) is 0 Å². The summed E-state index contributed by atoms with van der Waals surface area (Å²) in [5, 5.41) is 5.37. The van der Waals surface area contributed by atoms with Crippen molar-refractivity contribution in [1.82, 2.24) is 4.98 Å². The fourth-order valence-electron chi connectivity index (χ4n) is 2.41. The predicted molar refractivity (Wildman–Crippen MR) is 112 cm³/mol. The Morgan fingerprint density at radius 3 is 2.54 bits per heavy atom. The number of aryl methyl sites for hydroxylation is 1. The van der Waals surface area contributed by atoms with Gasteiger partial charge in [0, 0.05) is 21.5 Å². The summed E-state index contributed by atoms with van der Waals surface area (Å²) >= 11 is 2.98. The zero-order valence-electron chi connectivity index (χ0n) is 14.7. The summed E-state index contributed by atoms with van der Waals surface area (Å²) in [6.45, 7) is 4.06. The van der Waals surface area contributed by atoms with Gasteiger partial charge in [0.05, 0.1) is 10.9 Å². The Labute approximate surface area is 161 Å². The molecule has 26 heavy (non-hydrogen) atoms. The normalized spacial score (nSPS) is 11.9. The molecule has 0 aliphatic carbocycles. The lowest BCUT2D eigenvalue weighted by molar-refractivity contribution is -0.115. The molecule has 6 heteroatoms. The van der Waals surface area contributed by atoms with E-state index in [9.17, 15) is 4.79 Å². The lowest BCUT2D eigenvalue weighted by Gasteiger charge is -2.13. The molecule has 0 aliphatic heterocycles. The second kappa shape index (κ2) is 8.38. The van der Waals surface area contributed by atoms with E-state index in [-0.39, 0.29) is 11.2 Å². The zero-order chi connectivity index (χ0) is 18.5. The maximum atomic E-state index is 12.6. The van der Waals surface area contributed by atoms with Crippen LogP contribution in [0, 0.1) is 6.92 Å². The maximum Gasteiger partial charge on any atom is 0.239 e. The van der Waals surface area contributed by atoms with Gasteiger partial charge in [-0.05, 0) is 37.6 Å². The summed E-state index contributed by atoms with van der Waals surface area (Å²) in [6, 6.07) is 15.8. The number of anilines is 2. The highest BCUT2D eigenvalue weighted by atomic mass is 32.2. The minimum Gasteiger partial charge on any atom is -0.399 e. The molecule has 3 N–H and O–H groups in total. The van der Waals surface area contributed by atoms with Crippen LogP contribution >= 0.6 is 23.1 Å². The van der Waals surface area contributed by atoms with E-state index in [1.165, 1.54) is 28.7 Å². The third kappa shape index (κ3) is 4.65. The SMILES string of the molecule is CCC(Sc1ccc(N)cc1)C(=O)Nc1nc(-c2ccc(C)cc2)cs1. The highest BCUT2D eigenvalue weighted by Gasteiger charge is 2.19. The van der Waals surface area contributed by atoms with Gasteiger partial charge in [0.1, 0.15) is 0 Å². The number of nitrogen functional groups attached to an aromatic ring is 1. The summed E-state index contributed by atoms with van der Waals surface area (Å²) < 4.78 is 0. The molecule has 4 nitrogen and oxygen atoms in total. The van der Waals surface area contributed by atoms with Crippen molar-refractivity contribution in [1.29, 1.82) is 0 Å². The first-order chi connectivity index (χ1) is 12.5. The average molecular weight is 384 g/mol. The number of carbonyl (C=O) groups excluding carboxylic acids is 1. The maximum absolute atomic E-state index is 12.6. The number of thioether (sulfide) groups is 1. The van der Waals surface area contributed by atoms with Crippen LogP contribution in [0.4, 0.5) is 10.8 Å². The largest absolute Gasteiger partial charge is 0.399 e. The van der Waals surface area contributed by atoms with E-state index in [1.807, 2.05) is 48.7 Å². The number of benzene rings is 2. The molecule has 1 atom stereocenters. The van der Waals surface area contributed by atoms with Crippen molar-refractivity contribution >= 4 is 39.8 Å². The van der Waals surface area contributed by atoms with Gasteiger partial charge in [0.25, 0.3) is 0 Å². The Morgan fingerprint density at radius 1 is 1.19 bits per heavy atom. The van der Waals surface area contributed by atoms with Crippen LogP contribution in [0.15, 0.2) is 58.8 Å². The minimum absolute atomic E-state index is 0.0286. The number of hydrogen-bond donors (Lipinski definition) is 2. The average Bonchev–Trinajstić information content (AvgIpc) is 3.10. The van der Waals surface area contributed by atoms with Gasteiger partial charge in [0.2, 0.25) is 5.91 Å². The standard InChI is InChI=1S/C20H21N3OS2/c1-3-18(26-16-10-8-15(21)9-11-16)19(24)23-20-22-17(12-25-20)14-6-4-13(2)5-7-14/h4-12,18H,3,21H2,1-2H3,(H,22,23,24). The van der Waals surface area contributed by atoms with E-state index in [4.69, 9.17) is 5.73 Å².